The summed E-state index contributed by atoms with van der Waals surface area (Å²) < 4.78 is 30.4. The zero-order valence-corrected chi connectivity index (χ0v) is 21.4. The molecule has 38 heavy (non-hydrogen) atoms. The molecule has 0 bridgehead atoms. The SMILES string of the molecule is Cc1cn(CC(=O)N2C[C@H](F)C[C@H]2C(=O)N[C@@H](c2ccccc2)c2ccc(C(C)C)c(F)c2)c(=O)[nH]c1=O. The zero-order chi connectivity index (χ0) is 27.6. The Kier molecular flexibility index (Phi) is 7.89. The van der Waals surface area contributed by atoms with E-state index in [1.807, 2.05) is 19.9 Å². The first kappa shape index (κ1) is 27.0. The number of hydrogen-bond donors (Lipinski definition) is 2. The van der Waals surface area contributed by atoms with Crippen LogP contribution in [0.2, 0.25) is 0 Å². The molecule has 3 aromatic rings. The van der Waals surface area contributed by atoms with Gasteiger partial charge in [-0.1, -0.05) is 56.3 Å². The number of alkyl halides is 1. The molecular weight excluding hydrogens is 494 g/mol. The van der Waals surface area contributed by atoms with Crippen molar-refractivity contribution >= 4 is 11.8 Å². The summed E-state index contributed by atoms with van der Waals surface area (Å²) in [6, 6.07) is 11.9. The Labute approximate surface area is 218 Å². The van der Waals surface area contributed by atoms with Gasteiger partial charge in [0.25, 0.3) is 5.56 Å². The van der Waals surface area contributed by atoms with Crippen LogP contribution in [0.3, 0.4) is 0 Å². The van der Waals surface area contributed by atoms with Gasteiger partial charge in [-0.25, -0.2) is 13.6 Å². The number of carbonyl (C=O) groups is 2. The lowest BCUT2D eigenvalue weighted by atomic mass is 9.94. The van der Waals surface area contributed by atoms with E-state index in [0.717, 1.165) is 9.47 Å². The molecule has 0 aliphatic carbocycles. The first-order valence-corrected chi connectivity index (χ1v) is 12.4. The number of halogens is 2. The number of amides is 2. The molecule has 0 radical (unpaired) electrons. The van der Waals surface area contributed by atoms with Gasteiger partial charge < -0.3 is 10.2 Å². The Hall–Kier alpha value is -4.08. The van der Waals surface area contributed by atoms with E-state index >= 15 is 0 Å². The van der Waals surface area contributed by atoms with E-state index in [1.54, 1.807) is 36.4 Å². The molecule has 200 valence electrons. The summed E-state index contributed by atoms with van der Waals surface area (Å²) in [6.45, 7) is 4.49. The Morgan fingerprint density at radius 2 is 1.82 bits per heavy atom. The van der Waals surface area contributed by atoms with Gasteiger partial charge in [0.1, 0.15) is 24.6 Å². The summed E-state index contributed by atoms with van der Waals surface area (Å²) >= 11 is 0. The van der Waals surface area contributed by atoms with Crippen molar-refractivity contribution in [3.63, 3.8) is 0 Å². The molecule has 8 nitrogen and oxygen atoms in total. The van der Waals surface area contributed by atoms with Gasteiger partial charge >= 0.3 is 5.69 Å². The molecule has 1 aliphatic heterocycles. The van der Waals surface area contributed by atoms with Gasteiger partial charge in [-0.3, -0.25) is 23.9 Å². The van der Waals surface area contributed by atoms with E-state index in [2.05, 4.69) is 10.3 Å². The number of rotatable bonds is 7. The van der Waals surface area contributed by atoms with Crippen molar-refractivity contribution in [3.05, 3.63) is 104 Å². The van der Waals surface area contributed by atoms with Crippen LogP contribution < -0.4 is 16.6 Å². The maximum Gasteiger partial charge on any atom is 0.328 e. The molecule has 1 aliphatic rings. The summed E-state index contributed by atoms with van der Waals surface area (Å²) in [5, 5.41) is 2.88. The number of aromatic nitrogens is 2. The van der Waals surface area contributed by atoms with Crippen LogP contribution in [-0.4, -0.2) is 45.0 Å². The number of aromatic amines is 1. The monoisotopic (exact) mass is 524 g/mol. The number of nitrogens with zero attached hydrogens (tertiary/aromatic N) is 2. The van der Waals surface area contributed by atoms with Crippen LogP contribution in [0, 0.1) is 12.7 Å². The second-order valence-corrected chi connectivity index (χ2v) is 9.88. The van der Waals surface area contributed by atoms with Gasteiger partial charge in [-0.05, 0) is 35.6 Å². The molecule has 0 spiro atoms. The van der Waals surface area contributed by atoms with Crippen LogP contribution in [-0.2, 0) is 16.1 Å². The molecule has 1 saturated heterocycles. The standard InChI is InChI=1S/C28H30F2N4O4/c1-16(2)21-10-9-19(11-22(21)30)25(18-7-5-4-6-8-18)31-27(37)23-12-20(29)14-34(23)24(35)15-33-13-17(3)26(36)32-28(33)38/h4-11,13,16,20,23,25H,12,14-15H2,1-3H3,(H,31,37)(H,32,36,38)/t20-,23+,25+/m1/s1. The third kappa shape index (κ3) is 5.74. The second-order valence-electron chi connectivity index (χ2n) is 9.88. The summed E-state index contributed by atoms with van der Waals surface area (Å²) in [4.78, 5) is 53.5. The quantitative estimate of drug-likeness (QED) is 0.496. The van der Waals surface area contributed by atoms with Gasteiger partial charge in [-0.2, -0.15) is 0 Å². The summed E-state index contributed by atoms with van der Waals surface area (Å²) in [7, 11) is 0. The van der Waals surface area contributed by atoms with Gasteiger partial charge in [-0.15, -0.1) is 0 Å². The lowest BCUT2D eigenvalue weighted by Gasteiger charge is -2.27. The van der Waals surface area contributed by atoms with Crippen LogP contribution in [0.15, 0.2) is 64.3 Å². The molecule has 0 unspecified atom stereocenters. The Bertz CT molecular complexity index is 1450. The minimum Gasteiger partial charge on any atom is -0.343 e. The molecule has 2 aromatic carbocycles. The van der Waals surface area contributed by atoms with Crippen LogP contribution in [0.25, 0.3) is 0 Å². The van der Waals surface area contributed by atoms with E-state index in [4.69, 9.17) is 0 Å². The molecule has 2 N–H and O–H groups in total. The average molecular weight is 525 g/mol. The third-order valence-electron chi connectivity index (χ3n) is 6.77. The topological polar surface area (TPSA) is 104 Å². The third-order valence-corrected chi connectivity index (χ3v) is 6.77. The summed E-state index contributed by atoms with van der Waals surface area (Å²) in [6.07, 6.45) is -0.390. The second kappa shape index (κ2) is 11.1. The fourth-order valence-electron chi connectivity index (χ4n) is 4.72. The maximum atomic E-state index is 14.9. The van der Waals surface area contributed by atoms with Gasteiger partial charge in [0, 0.05) is 18.2 Å². The van der Waals surface area contributed by atoms with Crippen LogP contribution in [0.4, 0.5) is 8.78 Å². The molecule has 10 heteroatoms. The predicted molar refractivity (Wildman–Crippen MR) is 138 cm³/mol. The van der Waals surface area contributed by atoms with Crippen molar-refractivity contribution in [2.24, 2.45) is 0 Å². The van der Waals surface area contributed by atoms with E-state index in [-0.39, 0.29) is 24.4 Å². The van der Waals surface area contributed by atoms with Gasteiger partial charge in [0.05, 0.1) is 12.6 Å². The number of nitrogens with one attached hydrogen (secondary N) is 2. The number of hydrogen-bond acceptors (Lipinski definition) is 4. The highest BCUT2D eigenvalue weighted by Crippen LogP contribution is 2.28. The first-order chi connectivity index (χ1) is 18.0. The molecule has 2 heterocycles. The van der Waals surface area contributed by atoms with E-state index in [9.17, 15) is 28.0 Å². The van der Waals surface area contributed by atoms with Gasteiger partial charge in [0.2, 0.25) is 11.8 Å². The van der Waals surface area contributed by atoms with Crippen molar-refractivity contribution in [3.8, 4) is 0 Å². The summed E-state index contributed by atoms with van der Waals surface area (Å²) in [5.74, 6) is -1.64. The van der Waals surface area contributed by atoms with E-state index in [0.29, 0.717) is 16.7 Å². The minimum atomic E-state index is -1.43. The average Bonchev–Trinajstić information content (AvgIpc) is 3.28. The number of likely N-dealkylation sites (tertiary alicyclic amines) is 1. The Balaban J connectivity index is 1.60. The van der Waals surface area contributed by atoms with E-state index in [1.165, 1.54) is 19.2 Å². The number of carbonyl (C=O) groups excluding carboxylic acids is 2. The highest BCUT2D eigenvalue weighted by molar-refractivity contribution is 5.89. The van der Waals surface area contributed by atoms with Crippen molar-refractivity contribution < 1.29 is 18.4 Å². The molecule has 4 rings (SSSR count). The fraction of sp³-hybridized carbons (Fsp3) is 0.357. The molecule has 2 amide bonds. The minimum absolute atomic E-state index is 0.0212. The molecule has 1 fully saturated rings. The van der Waals surface area contributed by atoms with Crippen molar-refractivity contribution in [2.45, 2.75) is 57.9 Å². The van der Waals surface area contributed by atoms with Crippen LogP contribution in [0.1, 0.15) is 54.5 Å². The maximum absolute atomic E-state index is 14.9. The van der Waals surface area contributed by atoms with Crippen molar-refractivity contribution in [1.82, 2.24) is 19.8 Å². The van der Waals surface area contributed by atoms with Crippen molar-refractivity contribution in [1.29, 1.82) is 0 Å². The fourth-order valence-corrected chi connectivity index (χ4v) is 4.72. The highest BCUT2D eigenvalue weighted by Gasteiger charge is 2.40. The highest BCUT2D eigenvalue weighted by atomic mass is 19.1. The van der Waals surface area contributed by atoms with Crippen LogP contribution >= 0.6 is 0 Å². The summed E-state index contributed by atoms with van der Waals surface area (Å²) in [5.41, 5.74) is 0.646. The van der Waals surface area contributed by atoms with E-state index < -0.39 is 53.7 Å². The number of benzene rings is 2. The predicted octanol–water partition coefficient (Wildman–Crippen LogP) is 2.95. The lowest BCUT2D eigenvalue weighted by Crippen LogP contribution is -2.48. The lowest BCUT2D eigenvalue weighted by molar-refractivity contribution is -0.139. The van der Waals surface area contributed by atoms with Crippen LogP contribution in [0.5, 0.6) is 0 Å². The Morgan fingerprint density at radius 1 is 1.11 bits per heavy atom. The van der Waals surface area contributed by atoms with Gasteiger partial charge in [0.15, 0.2) is 0 Å². The Morgan fingerprint density at radius 3 is 2.47 bits per heavy atom. The van der Waals surface area contributed by atoms with Crippen molar-refractivity contribution in [2.75, 3.05) is 6.54 Å². The first-order valence-electron chi connectivity index (χ1n) is 12.4. The number of aryl methyl sites for hydroxylation is 1. The molecular formula is C28H30F2N4O4. The normalized spacial score (nSPS) is 18.0. The molecule has 3 atom stereocenters. The smallest absolute Gasteiger partial charge is 0.328 e. The molecule has 0 saturated carbocycles. The zero-order valence-electron chi connectivity index (χ0n) is 21.4. The number of H-pyrrole nitrogens is 1. The largest absolute Gasteiger partial charge is 0.343 e. The molecule has 1 aromatic heterocycles.